The molecule has 1 aliphatic rings. The van der Waals surface area contributed by atoms with Crippen LogP contribution in [0.2, 0.25) is 0 Å². The lowest BCUT2D eigenvalue weighted by molar-refractivity contribution is 0.285. The van der Waals surface area contributed by atoms with Crippen LogP contribution in [-0.4, -0.2) is 11.0 Å². The molecule has 1 aromatic heterocycles. The molecule has 1 atom stereocenters. The van der Waals surface area contributed by atoms with Crippen molar-refractivity contribution in [2.75, 3.05) is 0 Å². The lowest BCUT2D eigenvalue weighted by Gasteiger charge is -2.28. The number of nitrogens with two attached hydrogens (primary N) is 1. The van der Waals surface area contributed by atoms with Crippen LogP contribution in [0.25, 0.3) is 0 Å². The van der Waals surface area contributed by atoms with E-state index in [2.05, 4.69) is 16.5 Å². The maximum absolute atomic E-state index is 5.77. The zero-order valence-electron chi connectivity index (χ0n) is 11.1. The largest absolute Gasteiger partial charge is 0.271 e. The molecule has 100 valence electrons. The number of rotatable bonds is 4. The second kappa shape index (κ2) is 7.49. The van der Waals surface area contributed by atoms with Crippen LogP contribution < -0.4 is 11.3 Å². The summed E-state index contributed by atoms with van der Waals surface area (Å²) in [6.07, 6.45) is 14.3. The molecular formula is C15H25N3. The first-order valence-electron chi connectivity index (χ1n) is 7.25. The second-order valence-corrected chi connectivity index (χ2v) is 5.44. The molecule has 0 aromatic carbocycles. The lowest BCUT2D eigenvalue weighted by Crippen LogP contribution is -2.42. The number of hydrogen-bond acceptors (Lipinski definition) is 3. The van der Waals surface area contributed by atoms with Crippen LogP contribution in [0.15, 0.2) is 24.5 Å². The van der Waals surface area contributed by atoms with Crippen molar-refractivity contribution in [2.24, 2.45) is 11.8 Å². The second-order valence-electron chi connectivity index (χ2n) is 5.44. The third kappa shape index (κ3) is 4.07. The van der Waals surface area contributed by atoms with Gasteiger partial charge in [0.25, 0.3) is 0 Å². The first-order valence-corrected chi connectivity index (χ1v) is 7.25. The zero-order valence-corrected chi connectivity index (χ0v) is 11.1. The van der Waals surface area contributed by atoms with E-state index in [-0.39, 0.29) is 0 Å². The molecule has 3 nitrogen and oxygen atoms in total. The highest BCUT2D eigenvalue weighted by Crippen LogP contribution is 2.26. The van der Waals surface area contributed by atoms with E-state index in [1.54, 1.807) is 0 Å². The molecule has 2 rings (SSSR count). The van der Waals surface area contributed by atoms with Gasteiger partial charge in [-0.25, -0.2) is 0 Å². The van der Waals surface area contributed by atoms with Crippen molar-refractivity contribution in [1.29, 1.82) is 0 Å². The van der Waals surface area contributed by atoms with Crippen LogP contribution in [0, 0.1) is 5.92 Å². The normalized spacial score (nSPS) is 20.1. The van der Waals surface area contributed by atoms with Gasteiger partial charge in [0.05, 0.1) is 0 Å². The van der Waals surface area contributed by atoms with Crippen molar-refractivity contribution in [1.82, 2.24) is 10.4 Å². The number of hydrogen-bond donors (Lipinski definition) is 2. The number of pyridine rings is 1. The van der Waals surface area contributed by atoms with Gasteiger partial charge in [-0.05, 0) is 36.8 Å². The monoisotopic (exact) mass is 247 g/mol. The van der Waals surface area contributed by atoms with E-state index in [0.29, 0.717) is 6.04 Å². The van der Waals surface area contributed by atoms with E-state index in [4.69, 9.17) is 5.84 Å². The summed E-state index contributed by atoms with van der Waals surface area (Å²) in [5.74, 6) is 6.49. The Kier molecular flexibility index (Phi) is 5.62. The molecular weight excluding hydrogens is 222 g/mol. The highest BCUT2D eigenvalue weighted by atomic mass is 15.2. The molecule has 1 fully saturated rings. The van der Waals surface area contributed by atoms with Gasteiger partial charge in [0, 0.05) is 18.4 Å². The minimum atomic E-state index is 0.396. The van der Waals surface area contributed by atoms with E-state index < -0.39 is 0 Å². The predicted octanol–water partition coefficient (Wildman–Crippen LogP) is 2.82. The zero-order chi connectivity index (χ0) is 12.6. The number of nitrogens with zero attached hydrogens (tertiary/aromatic N) is 1. The summed E-state index contributed by atoms with van der Waals surface area (Å²) >= 11 is 0. The molecule has 1 aromatic rings. The minimum Gasteiger partial charge on any atom is -0.271 e. The van der Waals surface area contributed by atoms with Crippen molar-refractivity contribution in [2.45, 2.75) is 57.4 Å². The quantitative estimate of drug-likeness (QED) is 0.635. The van der Waals surface area contributed by atoms with E-state index in [1.807, 2.05) is 18.5 Å². The first-order chi connectivity index (χ1) is 8.90. The Balaban J connectivity index is 1.93. The smallest absolute Gasteiger partial charge is 0.0300 e. The maximum Gasteiger partial charge on any atom is 0.0300 e. The molecule has 0 amide bonds. The maximum atomic E-state index is 5.77. The van der Waals surface area contributed by atoms with Gasteiger partial charge in [-0.1, -0.05) is 38.2 Å². The fourth-order valence-electron chi connectivity index (χ4n) is 3.02. The van der Waals surface area contributed by atoms with Crippen LogP contribution in [-0.2, 0) is 6.42 Å². The van der Waals surface area contributed by atoms with Gasteiger partial charge in [0.2, 0.25) is 0 Å². The molecule has 18 heavy (non-hydrogen) atoms. The van der Waals surface area contributed by atoms with Gasteiger partial charge in [-0.2, -0.15) is 0 Å². The van der Waals surface area contributed by atoms with Gasteiger partial charge in [0.1, 0.15) is 0 Å². The average molecular weight is 247 g/mol. The Morgan fingerprint density at radius 3 is 2.56 bits per heavy atom. The number of hydrazine groups is 1. The standard InChI is InChI=1S/C15H25N3/c16-18-15(11-13-7-6-10-17-12-13)14-8-4-2-1-3-5-9-14/h6-7,10,12,14-15,18H,1-5,8-9,11,16H2. The molecule has 0 bridgehead atoms. The summed E-state index contributed by atoms with van der Waals surface area (Å²) in [6, 6.07) is 4.54. The minimum absolute atomic E-state index is 0.396. The summed E-state index contributed by atoms with van der Waals surface area (Å²) in [7, 11) is 0. The number of nitrogens with one attached hydrogen (secondary N) is 1. The highest BCUT2D eigenvalue weighted by molar-refractivity contribution is 5.10. The summed E-state index contributed by atoms with van der Waals surface area (Å²) in [4.78, 5) is 4.18. The summed E-state index contributed by atoms with van der Waals surface area (Å²) in [5.41, 5.74) is 4.32. The van der Waals surface area contributed by atoms with Crippen molar-refractivity contribution < 1.29 is 0 Å². The van der Waals surface area contributed by atoms with Crippen molar-refractivity contribution >= 4 is 0 Å². The van der Waals surface area contributed by atoms with Crippen LogP contribution in [0.1, 0.15) is 50.5 Å². The molecule has 0 aliphatic heterocycles. The van der Waals surface area contributed by atoms with Crippen LogP contribution in [0.5, 0.6) is 0 Å². The van der Waals surface area contributed by atoms with Crippen molar-refractivity contribution in [3.8, 4) is 0 Å². The molecule has 0 spiro atoms. The van der Waals surface area contributed by atoms with Crippen LogP contribution in [0.3, 0.4) is 0 Å². The molecule has 3 heteroatoms. The van der Waals surface area contributed by atoms with Gasteiger partial charge in [-0.15, -0.1) is 0 Å². The third-order valence-corrected chi connectivity index (χ3v) is 4.11. The van der Waals surface area contributed by atoms with Crippen molar-refractivity contribution in [3.05, 3.63) is 30.1 Å². The van der Waals surface area contributed by atoms with E-state index in [9.17, 15) is 0 Å². The van der Waals surface area contributed by atoms with Gasteiger partial charge < -0.3 is 0 Å². The van der Waals surface area contributed by atoms with Crippen LogP contribution >= 0.6 is 0 Å². The Hall–Kier alpha value is -0.930. The lowest BCUT2D eigenvalue weighted by atomic mass is 9.84. The van der Waals surface area contributed by atoms with E-state index >= 15 is 0 Å². The van der Waals surface area contributed by atoms with Gasteiger partial charge >= 0.3 is 0 Å². The Morgan fingerprint density at radius 1 is 1.22 bits per heavy atom. The predicted molar refractivity (Wildman–Crippen MR) is 74.9 cm³/mol. The molecule has 1 saturated carbocycles. The van der Waals surface area contributed by atoms with E-state index in [1.165, 1.54) is 50.5 Å². The Bertz CT molecular complexity index is 318. The van der Waals surface area contributed by atoms with Gasteiger partial charge in [0.15, 0.2) is 0 Å². The molecule has 1 unspecified atom stereocenters. The SMILES string of the molecule is NNC(Cc1cccnc1)C1CCCCCCC1. The fraction of sp³-hybridized carbons (Fsp3) is 0.667. The van der Waals surface area contributed by atoms with Crippen molar-refractivity contribution in [3.63, 3.8) is 0 Å². The molecule has 1 heterocycles. The fourth-order valence-corrected chi connectivity index (χ4v) is 3.02. The molecule has 0 radical (unpaired) electrons. The van der Waals surface area contributed by atoms with Gasteiger partial charge in [-0.3, -0.25) is 16.3 Å². The number of aromatic nitrogens is 1. The van der Waals surface area contributed by atoms with E-state index in [0.717, 1.165) is 12.3 Å². The topological polar surface area (TPSA) is 50.9 Å². The third-order valence-electron chi connectivity index (χ3n) is 4.11. The Morgan fingerprint density at radius 2 is 1.94 bits per heavy atom. The van der Waals surface area contributed by atoms with Crippen LogP contribution in [0.4, 0.5) is 0 Å². The summed E-state index contributed by atoms with van der Waals surface area (Å²) in [6.45, 7) is 0. The Labute approximate surface area is 110 Å². The summed E-state index contributed by atoms with van der Waals surface area (Å²) in [5, 5.41) is 0. The highest BCUT2D eigenvalue weighted by Gasteiger charge is 2.21. The average Bonchev–Trinajstić information content (AvgIpc) is 2.37. The molecule has 1 aliphatic carbocycles. The summed E-state index contributed by atoms with van der Waals surface area (Å²) < 4.78 is 0. The molecule has 3 N–H and O–H groups in total. The molecule has 0 saturated heterocycles. The first kappa shape index (κ1) is 13.5.